The predicted molar refractivity (Wildman–Crippen MR) is 98.1 cm³/mol. The molecule has 2 aromatic carbocycles. The van der Waals surface area contributed by atoms with Gasteiger partial charge in [-0.15, -0.1) is 0 Å². The summed E-state index contributed by atoms with van der Waals surface area (Å²) < 4.78 is 5.59. The van der Waals surface area contributed by atoms with Gasteiger partial charge in [0, 0.05) is 5.56 Å². The van der Waals surface area contributed by atoms with E-state index < -0.39 is 6.10 Å². The highest BCUT2D eigenvalue weighted by molar-refractivity contribution is 6.38. The lowest BCUT2D eigenvalue weighted by molar-refractivity contribution is -0.127. The zero-order valence-corrected chi connectivity index (χ0v) is 14.9. The van der Waals surface area contributed by atoms with E-state index in [4.69, 9.17) is 27.9 Å². The normalized spacial score (nSPS) is 12.2. The van der Waals surface area contributed by atoms with E-state index in [1.54, 1.807) is 25.1 Å². The molecular formula is C18H18Cl2N2O2. The summed E-state index contributed by atoms with van der Waals surface area (Å²) in [6, 6.07) is 12.8. The van der Waals surface area contributed by atoms with E-state index in [0.29, 0.717) is 21.4 Å². The third kappa shape index (κ3) is 4.98. The number of carbonyl (C=O) groups excluding carboxylic acids is 1. The van der Waals surface area contributed by atoms with E-state index in [1.165, 1.54) is 11.8 Å². The van der Waals surface area contributed by atoms with E-state index in [2.05, 4.69) is 17.5 Å². The van der Waals surface area contributed by atoms with Gasteiger partial charge in [-0.05, 0) is 43.2 Å². The number of hydrazone groups is 1. The van der Waals surface area contributed by atoms with Crippen molar-refractivity contribution in [1.29, 1.82) is 0 Å². The number of benzene rings is 2. The Labute approximate surface area is 151 Å². The number of hydrogen-bond donors (Lipinski definition) is 1. The van der Waals surface area contributed by atoms with Crippen molar-refractivity contribution in [2.45, 2.75) is 26.4 Å². The number of halogens is 2. The van der Waals surface area contributed by atoms with Crippen LogP contribution in [0.25, 0.3) is 0 Å². The molecule has 1 N–H and O–H groups in total. The summed E-state index contributed by atoms with van der Waals surface area (Å²) in [4.78, 5) is 12.0. The van der Waals surface area contributed by atoms with E-state index in [1.807, 2.05) is 24.3 Å². The van der Waals surface area contributed by atoms with Crippen LogP contribution in [0.15, 0.2) is 47.6 Å². The fourth-order valence-electron chi connectivity index (χ4n) is 1.95. The van der Waals surface area contributed by atoms with Crippen molar-refractivity contribution in [2.75, 3.05) is 0 Å². The summed E-state index contributed by atoms with van der Waals surface area (Å²) in [7, 11) is 0. The number of hydrogen-bond acceptors (Lipinski definition) is 3. The maximum atomic E-state index is 12.0. The SMILES string of the molecule is CCc1ccc(OC(C)C(=O)N/N=C/c2c(Cl)cccc2Cl)cc1. The first-order valence-corrected chi connectivity index (χ1v) is 8.29. The number of carbonyl (C=O) groups is 1. The number of rotatable bonds is 6. The standard InChI is InChI=1S/C18H18Cl2N2O2/c1-3-13-7-9-14(10-8-13)24-12(2)18(23)22-21-11-15-16(19)5-4-6-17(15)20/h4-12H,3H2,1-2H3,(H,22,23)/b21-11+. The highest BCUT2D eigenvalue weighted by Gasteiger charge is 2.14. The molecule has 4 nitrogen and oxygen atoms in total. The molecule has 0 aliphatic heterocycles. The van der Waals surface area contributed by atoms with Gasteiger partial charge in [-0.2, -0.15) is 5.10 Å². The molecule has 1 amide bonds. The van der Waals surface area contributed by atoms with Crippen molar-refractivity contribution in [2.24, 2.45) is 5.10 Å². The molecule has 0 spiro atoms. The van der Waals surface area contributed by atoms with Gasteiger partial charge in [0.25, 0.3) is 5.91 Å². The number of ether oxygens (including phenoxy) is 1. The summed E-state index contributed by atoms with van der Waals surface area (Å²) in [6.07, 6.45) is 1.68. The van der Waals surface area contributed by atoms with Crippen LogP contribution in [0.2, 0.25) is 10.0 Å². The first kappa shape index (κ1) is 18.3. The first-order valence-electron chi connectivity index (χ1n) is 7.53. The van der Waals surface area contributed by atoms with Crippen LogP contribution in [0.1, 0.15) is 25.0 Å². The third-order valence-corrected chi connectivity index (χ3v) is 4.04. The Kier molecular flexibility index (Phi) is 6.64. The van der Waals surface area contributed by atoms with Gasteiger partial charge in [0.15, 0.2) is 6.10 Å². The molecule has 1 atom stereocenters. The van der Waals surface area contributed by atoms with Gasteiger partial charge < -0.3 is 4.74 Å². The lowest BCUT2D eigenvalue weighted by Gasteiger charge is -2.13. The summed E-state index contributed by atoms with van der Waals surface area (Å²) in [5.41, 5.74) is 4.17. The van der Waals surface area contributed by atoms with Crippen LogP contribution < -0.4 is 10.2 Å². The molecule has 126 valence electrons. The van der Waals surface area contributed by atoms with Gasteiger partial charge in [-0.1, -0.05) is 48.3 Å². The van der Waals surface area contributed by atoms with Crippen LogP contribution in [-0.2, 0) is 11.2 Å². The number of aryl methyl sites for hydroxylation is 1. The van der Waals surface area contributed by atoms with Crippen LogP contribution >= 0.6 is 23.2 Å². The Morgan fingerprint density at radius 3 is 2.42 bits per heavy atom. The molecule has 0 bridgehead atoms. The van der Waals surface area contributed by atoms with Gasteiger partial charge in [0.2, 0.25) is 0 Å². The van der Waals surface area contributed by atoms with Crippen LogP contribution in [-0.4, -0.2) is 18.2 Å². The molecule has 6 heteroatoms. The van der Waals surface area contributed by atoms with E-state index in [9.17, 15) is 4.79 Å². The molecule has 0 aliphatic rings. The minimum atomic E-state index is -0.684. The van der Waals surface area contributed by atoms with Crippen LogP contribution in [0.3, 0.4) is 0 Å². The van der Waals surface area contributed by atoms with Gasteiger partial charge >= 0.3 is 0 Å². The second-order valence-corrected chi connectivity index (χ2v) is 5.94. The summed E-state index contributed by atoms with van der Waals surface area (Å²) in [5, 5.41) is 4.80. The van der Waals surface area contributed by atoms with Gasteiger partial charge in [0.1, 0.15) is 5.75 Å². The van der Waals surface area contributed by atoms with Crippen LogP contribution in [0.4, 0.5) is 0 Å². The van der Waals surface area contributed by atoms with Gasteiger partial charge in [-0.3, -0.25) is 4.79 Å². The lowest BCUT2D eigenvalue weighted by Crippen LogP contribution is -2.33. The number of nitrogens with zero attached hydrogens (tertiary/aromatic N) is 1. The monoisotopic (exact) mass is 364 g/mol. The fourth-order valence-corrected chi connectivity index (χ4v) is 2.44. The minimum Gasteiger partial charge on any atom is -0.481 e. The van der Waals surface area contributed by atoms with Gasteiger partial charge in [0.05, 0.1) is 16.3 Å². The van der Waals surface area contributed by atoms with Crippen molar-refractivity contribution >= 4 is 35.3 Å². The Hall–Kier alpha value is -2.04. The molecular weight excluding hydrogens is 347 g/mol. The summed E-state index contributed by atoms with van der Waals surface area (Å²) in [6.45, 7) is 3.73. The summed E-state index contributed by atoms with van der Waals surface area (Å²) >= 11 is 12.1. The van der Waals surface area contributed by atoms with Crippen molar-refractivity contribution in [3.8, 4) is 5.75 Å². The highest BCUT2D eigenvalue weighted by atomic mass is 35.5. The molecule has 24 heavy (non-hydrogen) atoms. The smallest absolute Gasteiger partial charge is 0.280 e. The Balaban J connectivity index is 1.92. The number of nitrogens with one attached hydrogen (secondary N) is 1. The van der Waals surface area contributed by atoms with Crippen molar-refractivity contribution < 1.29 is 9.53 Å². The summed E-state index contributed by atoms with van der Waals surface area (Å²) in [5.74, 6) is 0.266. The van der Waals surface area contributed by atoms with E-state index >= 15 is 0 Å². The molecule has 2 rings (SSSR count). The minimum absolute atomic E-state index is 0.367. The number of amides is 1. The average molecular weight is 365 g/mol. The largest absolute Gasteiger partial charge is 0.481 e. The maximum absolute atomic E-state index is 12.0. The van der Waals surface area contributed by atoms with Crippen LogP contribution in [0, 0.1) is 0 Å². The topological polar surface area (TPSA) is 50.7 Å². The molecule has 0 aromatic heterocycles. The molecule has 0 saturated heterocycles. The Bertz CT molecular complexity index is 710. The quantitative estimate of drug-likeness (QED) is 0.606. The van der Waals surface area contributed by atoms with Crippen molar-refractivity contribution in [3.63, 3.8) is 0 Å². The predicted octanol–water partition coefficient (Wildman–Crippen LogP) is 4.47. The fraction of sp³-hybridized carbons (Fsp3) is 0.222. The highest BCUT2D eigenvalue weighted by Crippen LogP contribution is 2.22. The molecule has 0 radical (unpaired) electrons. The van der Waals surface area contributed by atoms with Crippen LogP contribution in [0.5, 0.6) is 5.75 Å². The Morgan fingerprint density at radius 2 is 1.83 bits per heavy atom. The van der Waals surface area contributed by atoms with Gasteiger partial charge in [-0.25, -0.2) is 5.43 Å². The molecule has 0 aliphatic carbocycles. The zero-order chi connectivity index (χ0) is 17.5. The zero-order valence-electron chi connectivity index (χ0n) is 13.4. The van der Waals surface area contributed by atoms with E-state index in [-0.39, 0.29) is 5.91 Å². The lowest BCUT2D eigenvalue weighted by atomic mass is 10.2. The van der Waals surface area contributed by atoms with E-state index in [0.717, 1.165) is 6.42 Å². The van der Waals surface area contributed by atoms with Crippen molar-refractivity contribution in [3.05, 3.63) is 63.6 Å². The second-order valence-electron chi connectivity index (χ2n) is 5.13. The van der Waals surface area contributed by atoms with Crippen molar-refractivity contribution in [1.82, 2.24) is 5.43 Å². The molecule has 0 saturated carbocycles. The molecule has 0 heterocycles. The first-order chi connectivity index (χ1) is 11.5. The molecule has 0 fully saturated rings. The molecule has 2 aromatic rings. The second kappa shape index (κ2) is 8.71. The Morgan fingerprint density at radius 1 is 1.21 bits per heavy atom. The average Bonchev–Trinajstić information content (AvgIpc) is 2.58. The maximum Gasteiger partial charge on any atom is 0.280 e. The molecule has 1 unspecified atom stereocenters. The third-order valence-electron chi connectivity index (χ3n) is 3.38.